The van der Waals surface area contributed by atoms with Gasteiger partial charge in [-0.1, -0.05) is 0 Å². The first-order valence-corrected chi connectivity index (χ1v) is 5.56. The third-order valence-corrected chi connectivity index (χ3v) is 3.52. The maximum absolute atomic E-state index is 11.2. The monoisotopic (exact) mass is 211 g/mol. The molecule has 1 aliphatic rings. The molecule has 1 saturated heterocycles. The van der Waals surface area contributed by atoms with E-state index in [0.717, 1.165) is 13.1 Å². The molecule has 1 aliphatic heterocycles. The van der Waals surface area contributed by atoms with E-state index < -0.39 is 0 Å². The molecule has 0 spiro atoms. The minimum Gasteiger partial charge on any atom is -0.465 e. The number of hydrogen-bond acceptors (Lipinski definition) is 4. The van der Waals surface area contributed by atoms with E-state index in [1.807, 2.05) is 12.1 Å². The molecule has 0 amide bonds. The Morgan fingerprint density at radius 1 is 1.43 bits per heavy atom. The molecule has 0 radical (unpaired) electrons. The fourth-order valence-electron chi connectivity index (χ4n) is 1.65. The van der Waals surface area contributed by atoms with Gasteiger partial charge in [0.25, 0.3) is 0 Å². The van der Waals surface area contributed by atoms with Crippen molar-refractivity contribution in [2.45, 2.75) is 12.8 Å². The second-order valence-corrected chi connectivity index (χ2v) is 4.39. The number of carbonyl (C=O) groups excluding carboxylic acids is 1. The van der Waals surface area contributed by atoms with Gasteiger partial charge in [0, 0.05) is 13.1 Å². The lowest BCUT2D eigenvalue weighted by Crippen LogP contribution is -2.15. The minimum absolute atomic E-state index is 0.236. The summed E-state index contributed by atoms with van der Waals surface area (Å²) in [5, 5.41) is 1.18. The van der Waals surface area contributed by atoms with Gasteiger partial charge in [-0.3, -0.25) is 0 Å². The Labute approximate surface area is 87.3 Å². The van der Waals surface area contributed by atoms with Crippen LogP contribution in [0.1, 0.15) is 22.5 Å². The number of rotatable bonds is 2. The molecule has 0 atom stereocenters. The molecule has 0 bridgehead atoms. The smallest absolute Gasteiger partial charge is 0.348 e. The van der Waals surface area contributed by atoms with Gasteiger partial charge in [-0.2, -0.15) is 0 Å². The Kier molecular flexibility index (Phi) is 2.72. The van der Waals surface area contributed by atoms with Crippen LogP contribution >= 0.6 is 11.3 Å². The number of carbonyl (C=O) groups is 1. The fourth-order valence-corrected chi connectivity index (χ4v) is 2.62. The summed E-state index contributed by atoms with van der Waals surface area (Å²) in [5.41, 5.74) is 0. The van der Waals surface area contributed by atoms with Crippen molar-refractivity contribution in [2.75, 3.05) is 25.1 Å². The zero-order valence-electron chi connectivity index (χ0n) is 8.16. The Hall–Kier alpha value is -1.03. The molecule has 0 aliphatic carbocycles. The van der Waals surface area contributed by atoms with Crippen molar-refractivity contribution in [1.29, 1.82) is 0 Å². The highest BCUT2D eigenvalue weighted by molar-refractivity contribution is 7.17. The molecule has 0 unspecified atom stereocenters. The largest absolute Gasteiger partial charge is 0.465 e. The number of nitrogens with zero attached hydrogens (tertiary/aromatic N) is 1. The molecule has 76 valence electrons. The zero-order valence-corrected chi connectivity index (χ0v) is 8.97. The van der Waals surface area contributed by atoms with E-state index in [1.54, 1.807) is 0 Å². The second-order valence-electron chi connectivity index (χ2n) is 3.32. The normalized spacial score (nSPS) is 15.9. The van der Waals surface area contributed by atoms with Crippen LogP contribution in [0.2, 0.25) is 0 Å². The molecule has 1 aromatic rings. The van der Waals surface area contributed by atoms with Crippen molar-refractivity contribution in [1.82, 2.24) is 0 Å². The molecular weight excluding hydrogens is 198 g/mol. The van der Waals surface area contributed by atoms with E-state index in [9.17, 15) is 4.79 Å². The predicted octanol–water partition coefficient (Wildman–Crippen LogP) is 2.13. The molecule has 3 nitrogen and oxygen atoms in total. The highest BCUT2D eigenvalue weighted by Crippen LogP contribution is 2.29. The highest BCUT2D eigenvalue weighted by Gasteiger charge is 2.16. The van der Waals surface area contributed by atoms with Gasteiger partial charge in [-0.05, 0) is 25.0 Å². The first-order chi connectivity index (χ1) is 6.81. The lowest BCUT2D eigenvalue weighted by Gasteiger charge is -2.13. The fraction of sp³-hybridized carbons (Fsp3) is 0.500. The summed E-state index contributed by atoms with van der Waals surface area (Å²) in [7, 11) is 1.41. The average Bonchev–Trinajstić information content (AvgIpc) is 2.86. The zero-order chi connectivity index (χ0) is 9.97. The van der Waals surface area contributed by atoms with Gasteiger partial charge < -0.3 is 9.64 Å². The average molecular weight is 211 g/mol. The van der Waals surface area contributed by atoms with Crippen molar-refractivity contribution in [3.63, 3.8) is 0 Å². The number of ether oxygens (including phenoxy) is 1. The third-order valence-electron chi connectivity index (χ3n) is 2.40. The first-order valence-electron chi connectivity index (χ1n) is 4.74. The van der Waals surface area contributed by atoms with E-state index in [0.29, 0.717) is 4.88 Å². The van der Waals surface area contributed by atoms with Gasteiger partial charge >= 0.3 is 5.97 Å². The predicted molar refractivity (Wildman–Crippen MR) is 57.1 cm³/mol. The second kappa shape index (κ2) is 4.00. The van der Waals surface area contributed by atoms with E-state index in [2.05, 4.69) is 9.64 Å². The minimum atomic E-state index is -0.236. The van der Waals surface area contributed by atoms with Crippen molar-refractivity contribution >= 4 is 22.3 Å². The Morgan fingerprint density at radius 2 is 2.14 bits per heavy atom. The van der Waals surface area contributed by atoms with Gasteiger partial charge in [-0.25, -0.2) is 4.79 Å². The quantitative estimate of drug-likeness (QED) is 0.702. The van der Waals surface area contributed by atoms with Crippen molar-refractivity contribution in [3.8, 4) is 0 Å². The van der Waals surface area contributed by atoms with Gasteiger partial charge in [0.15, 0.2) is 0 Å². The van der Waals surface area contributed by atoms with Crippen molar-refractivity contribution < 1.29 is 9.53 Å². The van der Waals surface area contributed by atoms with Gasteiger partial charge in [0.2, 0.25) is 0 Å². The Morgan fingerprint density at radius 3 is 2.79 bits per heavy atom. The molecule has 14 heavy (non-hydrogen) atoms. The van der Waals surface area contributed by atoms with Crippen LogP contribution in [0.5, 0.6) is 0 Å². The van der Waals surface area contributed by atoms with Crippen LogP contribution in [-0.2, 0) is 4.74 Å². The summed E-state index contributed by atoms with van der Waals surface area (Å²) in [6, 6.07) is 3.84. The topological polar surface area (TPSA) is 29.5 Å². The number of thiophene rings is 1. The molecule has 1 aromatic heterocycles. The molecule has 1 fully saturated rings. The van der Waals surface area contributed by atoms with Gasteiger partial charge in [0.05, 0.1) is 12.1 Å². The summed E-state index contributed by atoms with van der Waals surface area (Å²) < 4.78 is 4.67. The lowest BCUT2D eigenvalue weighted by molar-refractivity contribution is 0.0606. The first kappa shape index (κ1) is 9.52. The van der Waals surface area contributed by atoms with Crippen LogP contribution < -0.4 is 4.90 Å². The van der Waals surface area contributed by atoms with Crippen LogP contribution in [-0.4, -0.2) is 26.2 Å². The summed E-state index contributed by atoms with van der Waals surface area (Å²) in [4.78, 5) is 14.2. The molecular formula is C10H13NO2S. The SMILES string of the molecule is COC(=O)c1ccc(N2CCCC2)s1. The number of anilines is 1. The van der Waals surface area contributed by atoms with E-state index in [-0.39, 0.29) is 5.97 Å². The molecule has 2 rings (SSSR count). The van der Waals surface area contributed by atoms with Crippen LogP contribution in [0.3, 0.4) is 0 Å². The standard InChI is InChI=1S/C10H13NO2S/c1-13-10(12)8-4-5-9(14-8)11-6-2-3-7-11/h4-5H,2-3,6-7H2,1H3. The number of esters is 1. The summed E-state index contributed by atoms with van der Waals surface area (Å²) in [6.45, 7) is 2.22. The highest BCUT2D eigenvalue weighted by atomic mass is 32.1. The van der Waals surface area contributed by atoms with E-state index >= 15 is 0 Å². The van der Waals surface area contributed by atoms with E-state index in [1.165, 1.54) is 36.3 Å². The number of hydrogen-bond donors (Lipinski definition) is 0. The van der Waals surface area contributed by atoms with Crippen molar-refractivity contribution in [3.05, 3.63) is 17.0 Å². The lowest BCUT2D eigenvalue weighted by atomic mass is 10.4. The Bertz CT molecular complexity index is 329. The Balaban J connectivity index is 2.12. The molecule has 4 heteroatoms. The van der Waals surface area contributed by atoms with E-state index in [4.69, 9.17) is 0 Å². The molecule has 0 aromatic carbocycles. The van der Waals surface area contributed by atoms with Crippen LogP contribution in [0.25, 0.3) is 0 Å². The summed E-state index contributed by atoms with van der Waals surface area (Å²) in [6.07, 6.45) is 2.51. The van der Waals surface area contributed by atoms with Crippen LogP contribution in [0.15, 0.2) is 12.1 Å². The maximum Gasteiger partial charge on any atom is 0.348 e. The number of methoxy groups -OCH3 is 1. The third kappa shape index (κ3) is 1.75. The van der Waals surface area contributed by atoms with Crippen LogP contribution in [0, 0.1) is 0 Å². The van der Waals surface area contributed by atoms with Crippen LogP contribution in [0.4, 0.5) is 5.00 Å². The summed E-state index contributed by atoms with van der Waals surface area (Å²) >= 11 is 1.51. The molecule has 2 heterocycles. The molecule has 0 N–H and O–H groups in total. The van der Waals surface area contributed by atoms with Gasteiger partial charge in [-0.15, -0.1) is 11.3 Å². The maximum atomic E-state index is 11.2. The summed E-state index contributed by atoms with van der Waals surface area (Å²) in [5.74, 6) is -0.236. The van der Waals surface area contributed by atoms with Crippen molar-refractivity contribution in [2.24, 2.45) is 0 Å². The van der Waals surface area contributed by atoms with Gasteiger partial charge in [0.1, 0.15) is 4.88 Å². The molecule has 0 saturated carbocycles.